The lowest BCUT2D eigenvalue weighted by atomic mass is 9.97. The number of aromatic amines is 1. The number of allylic oxidation sites excluding steroid dienone is 1. The number of hydrogen-bond acceptors (Lipinski definition) is 4. The second kappa shape index (κ2) is 8.58. The monoisotopic (exact) mass is 374 g/mol. The van der Waals surface area contributed by atoms with Crippen LogP contribution in [0.3, 0.4) is 0 Å². The summed E-state index contributed by atoms with van der Waals surface area (Å²) in [7, 11) is 0. The molecule has 0 atom stereocenters. The number of amides is 1. The number of H-pyrrole nitrogens is 1. The Bertz CT molecular complexity index is 882. The molecule has 0 fully saturated rings. The zero-order valence-electron chi connectivity index (χ0n) is 15.4. The van der Waals surface area contributed by atoms with Gasteiger partial charge in [0, 0.05) is 18.8 Å². The number of nitrogens with one attached hydrogen (secondary N) is 2. The van der Waals surface area contributed by atoms with E-state index >= 15 is 0 Å². The van der Waals surface area contributed by atoms with Crippen molar-refractivity contribution in [2.24, 2.45) is 0 Å². The van der Waals surface area contributed by atoms with E-state index in [9.17, 15) is 9.59 Å². The highest BCUT2D eigenvalue weighted by Gasteiger charge is 2.14. The maximum absolute atomic E-state index is 12.6. The van der Waals surface area contributed by atoms with Crippen molar-refractivity contribution < 1.29 is 4.79 Å². The lowest BCUT2D eigenvalue weighted by Gasteiger charge is -2.13. The van der Waals surface area contributed by atoms with Gasteiger partial charge in [-0.1, -0.05) is 23.4 Å². The zero-order valence-corrected chi connectivity index (χ0v) is 16.2. The molecule has 0 aromatic carbocycles. The van der Waals surface area contributed by atoms with E-state index < -0.39 is 0 Å². The molecule has 140 valence electrons. The summed E-state index contributed by atoms with van der Waals surface area (Å²) in [6, 6.07) is 1.86. The van der Waals surface area contributed by atoms with Gasteiger partial charge >= 0.3 is 0 Å². The van der Waals surface area contributed by atoms with E-state index in [2.05, 4.69) is 21.4 Å². The van der Waals surface area contributed by atoms with E-state index in [0.29, 0.717) is 29.3 Å². The highest BCUT2D eigenvalue weighted by atomic mass is 32.2. The van der Waals surface area contributed by atoms with Crippen LogP contribution in [-0.2, 0) is 11.3 Å². The SMILES string of the molecule is CCn1c(SCC(=O)NCCC2=CCCCC2)nc2cc(C)[nH]c2c1=O. The average Bonchev–Trinajstić information content (AvgIpc) is 3.01. The van der Waals surface area contributed by atoms with Crippen LogP contribution in [0.15, 0.2) is 27.7 Å². The van der Waals surface area contributed by atoms with Gasteiger partial charge < -0.3 is 10.3 Å². The molecule has 1 amide bonds. The van der Waals surface area contributed by atoms with Crippen molar-refractivity contribution in [1.82, 2.24) is 19.9 Å². The third-order valence-electron chi connectivity index (χ3n) is 4.64. The summed E-state index contributed by atoms with van der Waals surface area (Å²) in [4.78, 5) is 32.3. The van der Waals surface area contributed by atoms with Gasteiger partial charge in [-0.2, -0.15) is 0 Å². The summed E-state index contributed by atoms with van der Waals surface area (Å²) >= 11 is 1.32. The van der Waals surface area contributed by atoms with E-state index in [1.54, 1.807) is 4.57 Å². The highest BCUT2D eigenvalue weighted by Crippen LogP contribution is 2.20. The number of carbonyl (C=O) groups is 1. The summed E-state index contributed by atoms with van der Waals surface area (Å²) in [5.74, 6) is 0.245. The van der Waals surface area contributed by atoms with E-state index in [-0.39, 0.29) is 17.2 Å². The molecule has 1 aliphatic rings. The minimum absolute atomic E-state index is 0.0198. The molecule has 2 N–H and O–H groups in total. The molecule has 2 aromatic heterocycles. The zero-order chi connectivity index (χ0) is 18.5. The van der Waals surface area contributed by atoms with Crippen LogP contribution in [0.1, 0.15) is 44.7 Å². The minimum Gasteiger partial charge on any atom is -0.355 e. The van der Waals surface area contributed by atoms with Crippen molar-refractivity contribution in [2.75, 3.05) is 12.3 Å². The van der Waals surface area contributed by atoms with E-state index in [4.69, 9.17) is 0 Å². The third kappa shape index (κ3) is 4.38. The van der Waals surface area contributed by atoms with Crippen LogP contribution in [0.2, 0.25) is 0 Å². The van der Waals surface area contributed by atoms with Gasteiger partial charge in [-0.25, -0.2) is 4.98 Å². The van der Waals surface area contributed by atoms with Gasteiger partial charge in [0.2, 0.25) is 5.91 Å². The first-order valence-electron chi connectivity index (χ1n) is 9.26. The van der Waals surface area contributed by atoms with Crippen molar-refractivity contribution in [3.05, 3.63) is 33.8 Å². The van der Waals surface area contributed by atoms with Gasteiger partial charge in [-0.05, 0) is 52.0 Å². The molecule has 0 unspecified atom stereocenters. The number of rotatable bonds is 7. The molecule has 7 heteroatoms. The molecule has 0 aliphatic heterocycles. The summed E-state index contributed by atoms with van der Waals surface area (Å²) in [5.41, 5.74) is 3.46. The van der Waals surface area contributed by atoms with Crippen LogP contribution in [-0.4, -0.2) is 32.7 Å². The summed E-state index contributed by atoms with van der Waals surface area (Å²) in [5, 5.41) is 3.56. The molecule has 0 saturated carbocycles. The number of hydrogen-bond donors (Lipinski definition) is 2. The second-order valence-corrected chi connectivity index (χ2v) is 7.60. The topological polar surface area (TPSA) is 79.8 Å². The van der Waals surface area contributed by atoms with Crippen molar-refractivity contribution in [3.63, 3.8) is 0 Å². The smallest absolute Gasteiger partial charge is 0.278 e. The van der Waals surface area contributed by atoms with Crippen molar-refractivity contribution in [3.8, 4) is 0 Å². The summed E-state index contributed by atoms with van der Waals surface area (Å²) < 4.78 is 1.61. The summed E-state index contributed by atoms with van der Waals surface area (Å²) in [6.45, 7) is 5.01. The molecule has 2 aromatic rings. The molecule has 3 rings (SSSR count). The molecule has 26 heavy (non-hydrogen) atoms. The Balaban J connectivity index is 1.59. The van der Waals surface area contributed by atoms with Crippen molar-refractivity contribution in [1.29, 1.82) is 0 Å². The largest absolute Gasteiger partial charge is 0.355 e. The third-order valence-corrected chi connectivity index (χ3v) is 5.62. The first-order valence-corrected chi connectivity index (χ1v) is 10.2. The second-order valence-electron chi connectivity index (χ2n) is 6.65. The molecule has 0 bridgehead atoms. The van der Waals surface area contributed by atoms with Gasteiger partial charge in [-0.3, -0.25) is 14.2 Å². The van der Waals surface area contributed by atoms with E-state index in [1.165, 1.54) is 36.6 Å². The molecule has 0 radical (unpaired) electrons. The Morgan fingerprint density at radius 3 is 3.00 bits per heavy atom. The van der Waals surface area contributed by atoms with Crippen molar-refractivity contribution in [2.45, 2.75) is 57.7 Å². The lowest BCUT2D eigenvalue weighted by Crippen LogP contribution is -2.27. The molecule has 6 nitrogen and oxygen atoms in total. The predicted molar refractivity (Wildman–Crippen MR) is 106 cm³/mol. The lowest BCUT2D eigenvalue weighted by molar-refractivity contribution is -0.118. The van der Waals surface area contributed by atoms with Gasteiger partial charge in [-0.15, -0.1) is 0 Å². The minimum atomic E-state index is -0.0854. The highest BCUT2D eigenvalue weighted by molar-refractivity contribution is 7.99. The molecular formula is C19H26N4O2S. The number of aryl methyl sites for hydroxylation is 1. The van der Waals surface area contributed by atoms with Gasteiger partial charge in [0.05, 0.1) is 11.3 Å². The Morgan fingerprint density at radius 1 is 1.42 bits per heavy atom. The van der Waals surface area contributed by atoms with Crippen LogP contribution in [0.4, 0.5) is 0 Å². The number of thioether (sulfide) groups is 1. The molecule has 0 saturated heterocycles. The van der Waals surface area contributed by atoms with Crippen LogP contribution < -0.4 is 10.9 Å². The summed E-state index contributed by atoms with van der Waals surface area (Å²) in [6.07, 6.45) is 8.11. The maximum Gasteiger partial charge on any atom is 0.278 e. The Labute approximate surface area is 157 Å². The maximum atomic E-state index is 12.6. The fraction of sp³-hybridized carbons (Fsp3) is 0.526. The van der Waals surface area contributed by atoms with Gasteiger partial charge in [0.25, 0.3) is 5.56 Å². The van der Waals surface area contributed by atoms with Gasteiger partial charge in [0.1, 0.15) is 5.52 Å². The number of aromatic nitrogens is 3. The fourth-order valence-corrected chi connectivity index (χ4v) is 4.17. The number of fused-ring (bicyclic) bond motifs is 1. The van der Waals surface area contributed by atoms with Crippen LogP contribution in [0, 0.1) is 6.92 Å². The molecule has 1 aliphatic carbocycles. The van der Waals surface area contributed by atoms with Gasteiger partial charge in [0.15, 0.2) is 5.16 Å². The Kier molecular flexibility index (Phi) is 6.19. The number of nitrogens with zero attached hydrogens (tertiary/aromatic N) is 2. The Morgan fingerprint density at radius 2 is 2.27 bits per heavy atom. The molecule has 0 spiro atoms. The quantitative estimate of drug-likeness (QED) is 0.443. The average molecular weight is 375 g/mol. The standard InChI is InChI=1S/C19H26N4O2S/c1-3-23-18(25)17-15(11-13(2)21-17)22-19(23)26-12-16(24)20-10-9-14-7-5-4-6-8-14/h7,11,21H,3-6,8-10,12H2,1-2H3,(H,20,24). The van der Waals surface area contributed by atoms with Crippen molar-refractivity contribution >= 4 is 28.7 Å². The van der Waals surface area contributed by atoms with E-state index in [0.717, 1.165) is 18.5 Å². The first kappa shape index (κ1) is 18.8. The number of carbonyl (C=O) groups excluding carboxylic acids is 1. The van der Waals surface area contributed by atoms with Crippen LogP contribution >= 0.6 is 11.8 Å². The molecule has 2 heterocycles. The van der Waals surface area contributed by atoms with Crippen LogP contribution in [0.5, 0.6) is 0 Å². The fourth-order valence-electron chi connectivity index (χ4n) is 3.28. The normalized spacial score (nSPS) is 14.5. The predicted octanol–water partition coefficient (Wildman–Crippen LogP) is 3.15. The first-order chi connectivity index (χ1) is 12.6. The molecular weight excluding hydrogens is 348 g/mol. The van der Waals surface area contributed by atoms with E-state index in [1.807, 2.05) is 19.9 Å². The van der Waals surface area contributed by atoms with Crippen LogP contribution in [0.25, 0.3) is 11.0 Å². The Hall–Kier alpha value is -2.02.